The van der Waals surface area contributed by atoms with Gasteiger partial charge in [-0.2, -0.15) is 0 Å². The molecule has 132 valence electrons. The Hall–Kier alpha value is -2.79. The van der Waals surface area contributed by atoms with E-state index in [0.717, 1.165) is 22.0 Å². The Labute approximate surface area is 153 Å². The number of benzene rings is 3. The number of rotatable bonds is 3. The first kappa shape index (κ1) is 16.7. The number of aromatic nitrogens is 1. The Morgan fingerprint density at radius 2 is 1.50 bits per heavy atom. The van der Waals surface area contributed by atoms with Crippen LogP contribution in [0.15, 0.2) is 71.6 Å². The number of hydrogen-bond donors (Lipinski definition) is 0. The molecule has 0 aliphatic rings. The molecule has 26 heavy (non-hydrogen) atoms. The SMILES string of the molecule is Cc1cc(N(C)C)c2c3ccccc3n(S(=O)(=O)c3ccccc3)c2c1. The van der Waals surface area contributed by atoms with Gasteiger partial charge in [0.15, 0.2) is 0 Å². The molecule has 0 atom stereocenters. The summed E-state index contributed by atoms with van der Waals surface area (Å²) in [4.78, 5) is 2.32. The second kappa shape index (κ2) is 5.88. The molecular weight excluding hydrogens is 344 g/mol. The molecule has 3 aromatic carbocycles. The van der Waals surface area contributed by atoms with Gasteiger partial charge in [0.2, 0.25) is 0 Å². The van der Waals surface area contributed by atoms with Gasteiger partial charge >= 0.3 is 0 Å². The number of nitrogens with zero attached hydrogens (tertiary/aromatic N) is 2. The minimum Gasteiger partial charge on any atom is -0.377 e. The summed E-state index contributed by atoms with van der Waals surface area (Å²) in [7, 11) is 0.246. The van der Waals surface area contributed by atoms with Crippen molar-refractivity contribution in [1.82, 2.24) is 3.97 Å². The zero-order chi connectivity index (χ0) is 18.5. The molecule has 0 bridgehead atoms. The van der Waals surface area contributed by atoms with E-state index in [1.807, 2.05) is 62.3 Å². The smallest absolute Gasteiger partial charge is 0.268 e. The van der Waals surface area contributed by atoms with Crippen LogP contribution in [-0.4, -0.2) is 26.5 Å². The number of anilines is 1. The van der Waals surface area contributed by atoms with Crippen LogP contribution in [0, 0.1) is 6.92 Å². The quantitative estimate of drug-likeness (QED) is 0.541. The van der Waals surface area contributed by atoms with Gasteiger partial charge in [-0.05, 0) is 42.8 Å². The predicted molar refractivity (Wildman–Crippen MR) is 108 cm³/mol. The second-order valence-electron chi connectivity index (χ2n) is 6.67. The number of hydrogen-bond acceptors (Lipinski definition) is 3. The summed E-state index contributed by atoms with van der Waals surface area (Å²) in [6.45, 7) is 1.99. The van der Waals surface area contributed by atoms with Crippen LogP contribution >= 0.6 is 0 Å². The van der Waals surface area contributed by atoms with Crippen molar-refractivity contribution >= 4 is 37.5 Å². The van der Waals surface area contributed by atoms with Crippen LogP contribution in [-0.2, 0) is 10.0 Å². The molecule has 1 aromatic heterocycles. The van der Waals surface area contributed by atoms with Gasteiger partial charge in [-0.15, -0.1) is 0 Å². The lowest BCUT2D eigenvalue weighted by Crippen LogP contribution is -2.13. The van der Waals surface area contributed by atoms with Crippen LogP contribution in [0.4, 0.5) is 5.69 Å². The van der Waals surface area contributed by atoms with Crippen LogP contribution in [0.25, 0.3) is 21.8 Å². The van der Waals surface area contributed by atoms with Crippen molar-refractivity contribution in [2.75, 3.05) is 19.0 Å². The molecule has 4 rings (SSSR count). The second-order valence-corrected chi connectivity index (χ2v) is 8.46. The van der Waals surface area contributed by atoms with Gasteiger partial charge in [-0.3, -0.25) is 0 Å². The predicted octanol–water partition coefficient (Wildman–Crippen LogP) is 4.41. The van der Waals surface area contributed by atoms with Crippen molar-refractivity contribution < 1.29 is 8.42 Å². The third kappa shape index (κ3) is 2.39. The van der Waals surface area contributed by atoms with E-state index in [1.165, 1.54) is 3.97 Å². The van der Waals surface area contributed by atoms with Gasteiger partial charge in [-0.1, -0.05) is 36.4 Å². The van der Waals surface area contributed by atoms with E-state index >= 15 is 0 Å². The van der Waals surface area contributed by atoms with Crippen LogP contribution in [0.1, 0.15) is 5.56 Å². The first-order valence-corrected chi connectivity index (χ1v) is 9.87. The maximum atomic E-state index is 13.5. The van der Waals surface area contributed by atoms with Crippen molar-refractivity contribution in [2.24, 2.45) is 0 Å². The van der Waals surface area contributed by atoms with E-state index in [9.17, 15) is 8.42 Å². The van der Waals surface area contributed by atoms with Crippen molar-refractivity contribution in [1.29, 1.82) is 0 Å². The highest BCUT2D eigenvalue weighted by molar-refractivity contribution is 7.90. The first-order valence-electron chi connectivity index (χ1n) is 8.43. The maximum absolute atomic E-state index is 13.5. The first-order chi connectivity index (χ1) is 12.4. The summed E-state index contributed by atoms with van der Waals surface area (Å²) in [6.07, 6.45) is 0. The highest BCUT2D eigenvalue weighted by Crippen LogP contribution is 2.38. The molecule has 0 aliphatic carbocycles. The molecule has 0 saturated heterocycles. The van der Waals surface area contributed by atoms with E-state index in [-0.39, 0.29) is 4.90 Å². The Morgan fingerprint density at radius 1 is 0.846 bits per heavy atom. The summed E-state index contributed by atoms with van der Waals surface area (Å²) in [5.74, 6) is 0. The Bertz CT molecular complexity index is 1220. The molecule has 0 unspecified atom stereocenters. The molecule has 0 aliphatic heterocycles. The maximum Gasteiger partial charge on any atom is 0.268 e. The fraction of sp³-hybridized carbons (Fsp3) is 0.143. The summed E-state index contributed by atoms with van der Waals surface area (Å²) in [5, 5.41) is 1.89. The summed E-state index contributed by atoms with van der Waals surface area (Å²) < 4.78 is 28.4. The zero-order valence-corrected chi connectivity index (χ0v) is 15.8. The van der Waals surface area contributed by atoms with Crippen LogP contribution in [0.5, 0.6) is 0 Å². The molecular formula is C21H20N2O2S. The lowest BCUT2D eigenvalue weighted by Gasteiger charge is -2.16. The van der Waals surface area contributed by atoms with Crippen molar-refractivity contribution in [3.63, 3.8) is 0 Å². The van der Waals surface area contributed by atoms with Crippen LogP contribution in [0.2, 0.25) is 0 Å². The lowest BCUT2D eigenvalue weighted by molar-refractivity contribution is 0.590. The number of aryl methyl sites for hydroxylation is 1. The largest absolute Gasteiger partial charge is 0.377 e. The fourth-order valence-corrected chi connectivity index (χ4v) is 5.02. The Kier molecular flexibility index (Phi) is 3.77. The van der Waals surface area contributed by atoms with E-state index in [0.29, 0.717) is 11.0 Å². The number of para-hydroxylation sites is 1. The molecule has 0 spiro atoms. The average Bonchev–Trinajstić information content (AvgIpc) is 2.96. The van der Waals surface area contributed by atoms with E-state index < -0.39 is 10.0 Å². The van der Waals surface area contributed by atoms with Gasteiger partial charge in [0.05, 0.1) is 15.9 Å². The Balaban J connectivity index is 2.23. The van der Waals surface area contributed by atoms with Gasteiger partial charge in [0.25, 0.3) is 10.0 Å². The van der Waals surface area contributed by atoms with Gasteiger partial charge in [0, 0.05) is 30.6 Å². The van der Waals surface area contributed by atoms with Gasteiger partial charge in [0.1, 0.15) is 0 Å². The van der Waals surface area contributed by atoms with Gasteiger partial charge in [-0.25, -0.2) is 12.4 Å². The van der Waals surface area contributed by atoms with Crippen molar-refractivity contribution in [2.45, 2.75) is 11.8 Å². The lowest BCUT2D eigenvalue weighted by atomic mass is 10.1. The topological polar surface area (TPSA) is 42.3 Å². The van der Waals surface area contributed by atoms with Crippen LogP contribution < -0.4 is 4.90 Å². The van der Waals surface area contributed by atoms with E-state index in [2.05, 4.69) is 6.07 Å². The third-order valence-electron chi connectivity index (χ3n) is 4.62. The van der Waals surface area contributed by atoms with Crippen molar-refractivity contribution in [3.05, 3.63) is 72.3 Å². The normalized spacial score (nSPS) is 12.0. The van der Waals surface area contributed by atoms with Crippen LogP contribution in [0.3, 0.4) is 0 Å². The zero-order valence-electron chi connectivity index (χ0n) is 15.0. The van der Waals surface area contributed by atoms with Crippen molar-refractivity contribution in [3.8, 4) is 0 Å². The molecule has 1 heterocycles. The number of fused-ring (bicyclic) bond motifs is 3. The molecule has 4 aromatic rings. The summed E-state index contributed by atoms with van der Waals surface area (Å²) in [5.41, 5.74) is 3.44. The minimum atomic E-state index is -3.71. The molecule has 0 fully saturated rings. The fourth-order valence-electron chi connectivity index (χ4n) is 3.49. The standard InChI is InChI=1S/C21H20N2O2S/c1-15-13-19(22(2)3)21-17-11-7-8-12-18(17)23(20(21)14-15)26(24,25)16-9-5-4-6-10-16/h4-14H,1-3H3. The monoisotopic (exact) mass is 364 g/mol. The highest BCUT2D eigenvalue weighted by atomic mass is 32.2. The van der Waals surface area contributed by atoms with E-state index in [1.54, 1.807) is 24.3 Å². The summed E-state index contributed by atoms with van der Waals surface area (Å²) in [6, 6.07) is 20.3. The highest BCUT2D eigenvalue weighted by Gasteiger charge is 2.24. The molecule has 0 radical (unpaired) electrons. The molecule has 0 saturated carbocycles. The van der Waals surface area contributed by atoms with E-state index in [4.69, 9.17) is 0 Å². The molecule has 0 N–H and O–H groups in total. The minimum absolute atomic E-state index is 0.288. The average molecular weight is 364 g/mol. The molecule has 5 heteroatoms. The third-order valence-corrected chi connectivity index (χ3v) is 6.36. The van der Waals surface area contributed by atoms with Gasteiger partial charge < -0.3 is 4.90 Å². The molecule has 4 nitrogen and oxygen atoms in total. The summed E-state index contributed by atoms with van der Waals surface area (Å²) >= 11 is 0. The Morgan fingerprint density at radius 3 is 2.19 bits per heavy atom. The molecule has 0 amide bonds.